The summed E-state index contributed by atoms with van der Waals surface area (Å²) in [5.41, 5.74) is 5.38. The molecule has 0 aromatic heterocycles. The second-order valence-corrected chi connectivity index (χ2v) is 4.09. The highest BCUT2D eigenvalue weighted by molar-refractivity contribution is 5.89. The van der Waals surface area contributed by atoms with Crippen molar-refractivity contribution in [3.63, 3.8) is 0 Å². The van der Waals surface area contributed by atoms with Crippen LogP contribution in [0.1, 0.15) is 40.0 Å². The van der Waals surface area contributed by atoms with E-state index in [4.69, 9.17) is 5.73 Å². The number of ketones is 1. The summed E-state index contributed by atoms with van der Waals surface area (Å²) in [5, 5.41) is 2.69. The van der Waals surface area contributed by atoms with Gasteiger partial charge in [0.05, 0.1) is 6.04 Å². The summed E-state index contributed by atoms with van der Waals surface area (Å²) in [6, 6.07) is -0.339. The van der Waals surface area contributed by atoms with Crippen molar-refractivity contribution in [3.05, 3.63) is 0 Å². The molecule has 4 heteroatoms. The largest absolute Gasteiger partial charge is 0.347 e. The molecule has 15 heavy (non-hydrogen) atoms. The van der Waals surface area contributed by atoms with Crippen LogP contribution in [0.5, 0.6) is 0 Å². The third-order valence-corrected chi connectivity index (χ3v) is 2.24. The predicted molar refractivity (Wildman–Crippen MR) is 60.4 cm³/mol. The van der Waals surface area contributed by atoms with E-state index in [1.807, 2.05) is 13.8 Å². The van der Waals surface area contributed by atoms with Gasteiger partial charge in [0.1, 0.15) is 0 Å². The van der Waals surface area contributed by atoms with Crippen molar-refractivity contribution in [2.75, 3.05) is 6.54 Å². The van der Waals surface area contributed by atoms with Gasteiger partial charge in [0.2, 0.25) is 5.91 Å². The number of unbranched alkanes of at least 4 members (excludes halogenated alkanes) is 1. The number of carbonyl (C=O) groups excluding carboxylic acids is 2. The van der Waals surface area contributed by atoms with Gasteiger partial charge in [-0.3, -0.25) is 9.59 Å². The smallest absolute Gasteiger partial charge is 0.217 e. The lowest BCUT2D eigenvalue weighted by Gasteiger charge is -2.18. The minimum atomic E-state index is -0.339. The van der Waals surface area contributed by atoms with Gasteiger partial charge in [-0.2, -0.15) is 0 Å². The summed E-state index contributed by atoms with van der Waals surface area (Å²) in [6.07, 6.45) is 2.45. The molecule has 0 heterocycles. The van der Waals surface area contributed by atoms with E-state index in [-0.39, 0.29) is 23.7 Å². The Morgan fingerprint density at radius 2 is 1.87 bits per heavy atom. The molecule has 0 aliphatic heterocycles. The number of Topliss-reactive ketones (excluding diaryl/α,β-unsaturated/α-hetero) is 1. The molecule has 1 unspecified atom stereocenters. The first-order valence-corrected chi connectivity index (χ1v) is 5.50. The maximum absolute atomic E-state index is 11.7. The number of amides is 1. The van der Waals surface area contributed by atoms with E-state index < -0.39 is 0 Å². The first-order valence-electron chi connectivity index (χ1n) is 5.50. The van der Waals surface area contributed by atoms with Gasteiger partial charge in [-0.1, -0.05) is 13.8 Å². The molecule has 0 bridgehead atoms. The van der Waals surface area contributed by atoms with Crippen LogP contribution in [0.25, 0.3) is 0 Å². The molecule has 4 nitrogen and oxygen atoms in total. The van der Waals surface area contributed by atoms with Gasteiger partial charge in [-0.25, -0.2) is 0 Å². The molecule has 0 aromatic rings. The van der Waals surface area contributed by atoms with Crippen LogP contribution >= 0.6 is 0 Å². The molecule has 0 saturated heterocycles. The molecule has 0 aliphatic rings. The highest BCUT2D eigenvalue weighted by atomic mass is 16.2. The number of nitrogens with two attached hydrogens (primary N) is 1. The molecule has 0 aromatic carbocycles. The highest BCUT2D eigenvalue weighted by Crippen LogP contribution is 2.07. The molecule has 0 aliphatic carbocycles. The van der Waals surface area contributed by atoms with Crippen LogP contribution in [0.4, 0.5) is 0 Å². The third kappa shape index (κ3) is 6.23. The molecule has 0 spiro atoms. The lowest BCUT2D eigenvalue weighted by atomic mass is 9.97. The molecule has 3 N–H and O–H groups in total. The summed E-state index contributed by atoms with van der Waals surface area (Å²) in [5.74, 6) is -0.0938. The molecule has 0 radical (unpaired) electrons. The fourth-order valence-corrected chi connectivity index (χ4v) is 1.43. The molecule has 0 rings (SSSR count). The van der Waals surface area contributed by atoms with E-state index in [0.29, 0.717) is 13.0 Å². The van der Waals surface area contributed by atoms with Crippen molar-refractivity contribution >= 4 is 11.7 Å². The van der Waals surface area contributed by atoms with Crippen LogP contribution in [0.2, 0.25) is 0 Å². The standard InChI is InChI=1S/C11H22N2O2/c1-8(2)11(15)10(13-9(3)14)6-4-5-7-12/h8,10H,4-7,12H2,1-3H3,(H,13,14). The fourth-order valence-electron chi connectivity index (χ4n) is 1.43. The minimum Gasteiger partial charge on any atom is -0.347 e. The van der Waals surface area contributed by atoms with Crippen LogP contribution in [-0.4, -0.2) is 24.3 Å². The summed E-state index contributed by atoms with van der Waals surface area (Å²) in [7, 11) is 0. The Labute approximate surface area is 91.6 Å². The van der Waals surface area contributed by atoms with Crippen LogP contribution in [0.3, 0.4) is 0 Å². The number of hydrogen-bond donors (Lipinski definition) is 2. The normalized spacial score (nSPS) is 12.6. The average Bonchev–Trinajstić information content (AvgIpc) is 2.14. The quantitative estimate of drug-likeness (QED) is 0.617. The zero-order valence-electron chi connectivity index (χ0n) is 9.88. The summed E-state index contributed by atoms with van der Waals surface area (Å²) < 4.78 is 0. The van der Waals surface area contributed by atoms with Gasteiger partial charge in [-0.15, -0.1) is 0 Å². The van der Waals surface area contributed by atoms with Gasteiger partial charge < -0.3 is 11.1 Å². The van der Waals surface area contributed by atoms with E-state index in [1.165, 1.54) is 6.92 Å². The summed E-state index contributed by atoms with van der Waals surface area (Å²) in [6.45, 7) is 5.76. The van der Waals surface area contributed by atoms with E-state index >= 15 is 0 Å². The van der Waals surface area contributed by atoms with Gasteiger partial charge >= 0.3 is 0 Å². The number of hydrogen-bond acceptors (Lipinski definition) is 3. The second-order valence-electron chi connectivity index (χ2n) is 4.09. The van der Waals surface area contributed by atoms with Crippen molar-refractivity contribution < 1.29 is 9.59 Å². The average molecular weight is 214 g/mol. The van der Waals surface area contributed by atoms with Crippen molar-refractivity contribution in [1.29, 1.82) is 0 Å². The van der Waals surface area contributed by atoms with Crippen molar-refractivity contribution in [3.8, 4) is 0 Å². The number of rotatable bonds is 7. The van der Waals surface area contributed by atoms with E-state index in [2.05, 4.69) is 5.32 Å². The van der Waals surface area contributed by atoms with Crippen LogP contribution < -0.4 is 11.1 Å². The number of carbonyl (C=O) groups is 2. The Balaban J connectivity index is 4.17. The van der Waals surface area contributed by atoms with E-state index in [9.17, 15) is 9.59 Å². The second kappa shape index (κ2) is 7.40. The lowest BCUT2D eigenvalue weighted by Crippen LogP contribution is -2.41. The van der Waals surface area contributed by atoms with E-state index in [1.54, 1.807) is 0 Å². The van der Waals surface area contributed by atoms with Gasteiger partial charge in [-0.05, 0) is 25.8 Å². The van der Waals surface area contributed by atoms with Crippen molar-refractivity contribution in [1.82, 2.24) is 5.32 Å². The summed E-state index contributed by atoms with van der Waals surface area (Å²) in [4.78, 5) is 22.7. The molecule has 0 fully saturated rings. The maximum Gasteiger partial charge on any atom is 0.217 e. The zero-order chi connectivity index (χ0) is 11.8. The lowest BCUT2D eigenvalue weighted by molar-refractivity contribution is -0.128. The Bertz CT molecular complexity index is 215. The Morgan fingerprint density at radius 3 is 2.27 bits per heavy atom. The van der Waals surface area contributed by atoms with Gasteiger partial charge in [0.15, 0.2) is 5.78 Å². The summed E-state index contributed by atoms with van der Waals surface area (Å²) >= 11 is 0. The van der Waals surface area contributed by atoms with Crippen LogP contribution in [0, 0.1) is 5.92 Å². The fraction of sp³-hybridized carbons (Fsp3) is 0.818. The zero-order valence-corrected chi connectivity index (χ0v) is 9.88. The van der Waals surface area contributed by atoms with Crippen molar-refractivity contribution in [2.24, 2.45) is 11.7 Å². The third-order valence-electron chi connectivity index (χ3n) is 2.24. The Morgan fingerprint density at radius 1 is 1.27 bits per heavy atom. The Kier molecular flexibility index (Phi) is 6.96. The van der Waals surface area contributed by atoms with Crippen LogP contribution in [-0.2, 0) is 9.59 Å². The van der Waals surface area contributed by atoms with Crippen LogP contribution in [0.15, 0.2) is 0 Å². The Hall–Kier alpha value is -0.900. The topological polar surface area (TPSA) is 72.2 Å². The molecule has 1 atom stereocenters. The first kappa shape index (κ1) is 14.1. The molecular weight excluding hydrogens is 192 g/mol. The monoisotopic (exact) mass is 214 g/mol. The maximum atomic E-state index is 11.7. The molecule has 0 saturated carbocycles. The SMILES string of the molecule is CC(=O)NC(CCCCN)C(=O)C(C)C. The number of nitrogens with one attached hydrogen (secondary N) is 1. The highest BCUT2D eigenvalue weighted by Gasteiger charge is 2.21. The van der Waals surface area contributed by atoms with Crippen molar-refractivity contribution in [2.45, 2.75) is 46.1 Å². The molecule has 1 amide bonds. The molecular formula is C11H22N2O2. The van der Waals surface area contributed by atoms with Gasteiger partial charge in [0.25, 0.3) is 0 Å². The minimum absolute atomic E-state index is 0.0419. The predicted octanol–water partition coefficient (Wildman–Crippen LogP) is 0.845. The first-order chi connectivity index (χ1) is 6.99. The van der Waals surface area contributed by atoms with Gasteiger partial charge in [0, 0.05) is 12.8 Å². The van der Waals surface area contributed by atoms with E-state index in [0.717, 1.165) is 12.8 Å². The molecule has 88 valence electrons.